The maximum atomic E-state index is 11.8. The van der Waals surface area contributed by atoms with Gasteiger partial charge in [-0.25, -0.2) is 13.2 Å². The first-order valence-electron chi connectivity index (χ1n) is 5.82. The van der Waals surface area contributed by atoms with Gasteiger partial charge < -0.3 is 4.74 Å². The smallest absolute Gasteiger partial charge is 0.411 e. The zero-order valence-electron chi connectivity index (χ0n) is 10.1. The molecule has 0 unspecified atom stereocenters. The third-order valence-electron chi connectivity index (χ3n) is 2.78. The first-order valence-corrected chi connectivity index (χ1v) is 7.47. The number of carbonyl (C=O) groups excluding carboxylic acids is 1. The number of anilines is 1. The summed E-state index contributed by atoms with van der Waals surface area (Å²) in [5, 5.41) is 2.56. The van der Waals surface area contributed by atoms with Crippen LogP contribution < -0.4 is 5.32 Å². The Labute approximate surface area is 106 Å². The van der Waals surface area contributed by atoms with E-state index < -0.39 is 15.9 Å². The molecule has 0 saturated carbocycles. The lowest BCUT2D eigenvalue weighted by atomic mass is 10.1. The highest BCUT2D eigenvalue weighted by molar-refractivity contribution is 7.91. The second kappa shape index (κ2) is 4.97. The fourth-order valence-corrected chi connectivity index (χ4v) is 3.58. The molecule has 0 atom stereocenters. The molecule has 0 bridgehead atoms. The van der Waals surface area contributed by atoms with Crippen molar-refractivity contribution < 1.29 is 17.9 Å². The van der Waals surface area contributed by atoms with E-state index in [1.54, 1.807) is 25.1 Å². The van der Waals surface area contributed by atoms with Gasteiger partial charge in [-0.2, -0.15) is 0 Å². The van der Waals surface area contributed by atoms with E-state index in [-0.39, 0.29) is 5.75 Å². The van der Waals surface area contributed by atoms with Crippen LogP contribution in [0.2, 0.25) is 0 Å². The Bertz CT molecular complexity index is 565. The average molecular weight is 269 g/mol. The van der Waals surface area contributed by atoms with Gasteiger partial charge in [-0.3, -0.25) is 5.32 Å². The van der Waals surface area contributed by atoms with E-state index in [9.17, 15) is 13.2 Å². The quantitative estimate of drug-likeness (QED) is 0.891. The summed E-state index contributed by atoms with van der Waals surface area (Å²) in [6.45, 7) is 2.02. The zero-order chi connectivity index (χ0) is 13.2. The average Bonchev–Trinajstić information content (AvgIpc) is 2.28. The topological polar surface area (TPSA) is 72.5 Å². The van der Waals surface area contributed by atoms with Crippen molar-refractivity contribution >= 4 is 21.6 Å². The minimum Gasteiger partial charge on any atom is -0.450 e. The Morgan fingerprint density at radius 1 is 1.44 bits per heavy atom. The predicted octanol–water partition coefficient (Wildman–Crippen LogP) is 1.97. The number of sulfone groups is 1. The molecule has 0 aliphatic carbocycles. The molecule has 2 rings (SSSR count). The Hall–Kier alpha value is -1.56. The summed E-state index contributed by atoms with van der Waals surface area (Å²) < 4.78 is 28.4. The van der Waals surface area contributed by atoms with Crippen LogP contribution in [0.5, 0.6) is 0 Å². The van der Waals surface area contributed by atoms with Gasteiger partial charge >= 0.3 is 6.09 Å². The monoisotopic (exact) mass is 269 g/mol. The maximum absolute atomic E-state index is 11.8. The van der Waals surface area contributed by atoms with Gasteiger partial charge in [-0.15, -0.1) is 0 Å². The number of carbonyl (C=O) groups is 1. The zero-order valence-corrected chi connectivity index (χ0v) is 10.9. The molecule has 1 aromatic rings. The van der Waals surface area contributed by atoms with Crippen LogP contribution >= 0.6 is 0 Å². The summed E-state index contributed by atoms with van der Waals surface area (Å²) in [6, 6.07) is 4.83. The highest BCUT2D eigenvalue weighted by atomic mass is 32.2. The second-order valence-electron chi connectivity index (χ2n) is 4.09. The molecule has 0 fully saturated rings. The molecule has 1 aliphatic heterocycles. The molecule has 1 N–H and O–H groups in total. The number of hydrogen-bond donors (Lipinski definition) is 1. The molecule has 6 heteroatoms. The van der Waals surface area contributed by atoms with E-state index in [1.165, 1.54) is 0 Å². The number of nitrogens with one attached hydrogen (secondary N) is 1. The first-order chi connectivity index (χ1) is 8.53. The molecule has 0 aromatic heterocycles. The molecule has 0 spiro atoms. The molecule has 98 valence electrons. The van der Waals surface area contributed by atoms with E-state index in [0.29, 0.717) is 30.0 Å². The van der Waals surface area contributed by atoms with Gasteiger partial charge in [0.15, 0.2) is 9.84 Å². The van der Waals surface area contributed by atoms with Gasteiger partial charge in [0.2, 0.25) is 0 Å². The lowest BCUT2D eigenvalue weighted by molar-refractivity contribution is 0.168. The normalized spacial score (nSPS) is 16.7. The van der Waals surface area contributed by atoms with E-state index in [4.69, 9.17) is 4.74 Å². The van der Waals surface area contributed by atoms with Crippen LogP contribution in [-0.2, 0) is 21.0 Å². The summed E-state index contributed by atoms with van der Waals surface area (Å²) in [7, 11) is -3.14. The van der Waals surface area contributed by atoms with Crippen molar-refractivity contribution in [3.8, 4) is 0 Å². The fraction of sp³-hybridized carbons (Fsp3) is 0.417. The lowest BCUT2D eigenvalue weighted by Gasteiger charge is -2.17. The molecule has 1 heterocycles. The largest absolute Gasteiger partial charge is 0.450 e. The molecule has 1 aromatic carbocycles. The first kappa shape index (κ1) is 12.9. The Morgan fingerprint density at radius 2 is 2.22 bits per heavy atom. The minimum absolute atomic E-state index is 0.199. The number of benzene rings is 1. The highest BCUT2D eigenvalue weighted by Gasteiger charge is 2.23. The van der Waals surface area contributed by atoms with Crippen molar-refractivity contribution in [2.24, 2.45) is 0 Å². The third-order valence-corrected chi connectivity index (χ3v) is 4.67. The standard InChI is InChI=1S/C12H15NO4S/c1-2-17-12(14)13-10-5-6-11-9(8-10)4-3-7-18(11,15)16/h5-6,8H,2-4,7H2,1H3,(H,13,14). The van der Waals surface area contributed by atoms with Crippen molar-refractivity contribution in [2.45, 2.75) is 24.7 Å². The summed E-state index contributed by atoms with van der Waals surface area (Å²) in [4.78, 5) is 11.6. The van der Waals surface area contributed by atoms with Gasteiger partial charge in [0.05, 0.1) is 17.3 Å². The number of fused-ring (bicyclic) bond motifs is 1. The highest BCUT2D eigenvalue weighted by Crippen LogP contribution is 2.27. The van der Waals surface area contributed by atoms with Crippen molar-refractivity contribution in [3.63, 3.8) is 0 Å². The predicted molar refractivity (Wildman–Crippen MR) is 67.5 cm³/mol. The second-order valence-corrected chi connectivity index (χ2v) is 6.17. The van der Waals surface area contributed by atoms with Crippen molar-refractivity contribution in [2.75, 3.05) is 17.7 Å². The molecular formula is C12H15NO4S. The van der Waals surface area contributed by atoms with E-state index in [1.807, 2.05) is 0 Å². The summed E-state index contributed by atoms with van der Waals surface area (Å²) >= 11 is 0. The van der Waals surface area contributed by atoms with Crippen LogP contribution in [0, 0.1) is 0 Å². The lowest BCUT2D eigenvalue weighted by Crippen LogP contribution is -2.17. The van der Waals surface area contributed by atoms with Crippen molar-refractivity contribution in [1.82, 2.24) is 0 Å². The SMILES string of the molecule is CCOC(=O)Nc1ccc2c(c1)CCCS2(=O)=O. The van der Waals surface area contributed by atoms with Crippen molar-refractivity contribution in [1.29, 1.82) is 0 Å². The molecule has 1 amide bonds. The van der Waals surface area contributed by atoms with Crippen molar-refractivity contribution in [3.05, 3.63) is 23.8 Å². The van der Waals surface area contributed by atoms with Gasteiger partial charge in [-0.1, -0.05) is 0 Å². The van der Waals surface area contributed by atoms with Crippen LogP contribution in [0.25, 0.3) is 0 Å². The third kappa shape index (κ3) is 2.64. The number of ether oxygens (including phenoxy) is 1. The van der Waals surface area contributed by atoms with Crippen LogP contribution in [0.4, 0.5) is 10.5 Å². The molecule has 0 radical (unpaired) electrons. The molecule has 5 nitrogen and oxygen atoms in total. The van der Waals surface area contributed by atoms with Gasteiger partial charge in [0, 0.05) is 5.69 Å². The number of amides is 1. The Kier molecular flexibility index (Phi) is 3.56. The molecule has 0 saturated heterocycles. The number of aryl methyl sites for hydroxylation is 1. The van der Waals surface area contributed by atoms with Gasteiger partial charge in [0.1, 0.15) is 0 Å². The molecule has 1 aliphatic rings. The summed E-state index contributed by atoms with van der Waals surface area (Å²) in [5.41, 5.74) is 1.32. The molecule has 18 heavy (non-hydrogen) atoms. The van der Waals surface area contributed by atoms with E-state index >= 15 is 0 Å². The summed E-state index contributed by atoms with van der Waals surface area (Å²) in [6.07, 6.45) is 0.807. The van der Waals surface area contributed by atoms with Crippen LogP contribution in [0.15, 0.2) is 23.1 Å². The fourth-order valence-electron chi connectivity index (χ4n) is 2.00. The van der Waals surface area contributed by atoms with Crippen LogP contribution in [-0.4, -0.2) is 26.9 Å². The number of hydrogen-bond acceptors (Lipinski definition) is 4. The van der Waals surface area contributed by atoms with E-state index in [0.717, 1.165) is 5.56 Å². The van der Waals surface area contributed by atoms with Gasteiger partial charge in [0.25, 0.3) is 0 Å². The maximum Gasteiger partial charge on any atom is 0.411 e. The van der Waals surface area contributed by atoms with Crippen LogP contribution in [0.1, 0.15) is 18.9 Å². The molecular weight excluding hydrogens is 254 g/mol. The summed E-state index contributed by atoms with van der Waals surface area (Å²) in [5.74, 6) is 0.199. The minimum atomic E-state index is -3.14. The van der Waals surface area contributed by atoms with Crippen LogP contribution in [0.3, 0.4) is 0 Å². The Balaban J connectivity index is 2.25. The van der Waals surface area contributed by atoms with Gasteiger partial charge in [-0.05, 0) is 43.5 Å². The van der Waals surface area contributed by atoms with E-state index in [2.05, 4.69) is 5.32 Å². The Morgan fingerprint density at radius 3 is 2.94 bits per heavy atom. The number of rotatable bonds is 2.